The summed E-state index contributed by atoms with van der Waals surface area (Å²) in [5.74, 6) is 1.92. The molecule has 0 amide bonds. The first-order chi connectivity index (χ1) is 15.4. The van der Waals surface area contributed by atoms with E-state index in [9.17, 15) is 9.32 Å². The maximum atomic E-state index is 12.2. The van der Waals surface area contributed by atoms with Crippen LogP contribution in [0.25, 0.3) is 0 Å². The molecule has 2 heterocycles. The quantitative estimate of drug-likeness (QED) is 0.647. The average molecular weight is 475 g/mol. The maximum Gasteiger partial charge on any atom is 0.227 e. The molecule has 3 aliphatic rings. The number of nitrogens with one attached hydrogen (secondary N) is 1. The largest absolute Gasteiger partial charge is 0.394 e. The molecular weight excluding hydrogens is 444 g/mol. The van der Waals surface area contributed by atoms with Gasteiger partial charge in [0.1, 0.15) is 5.82 Å². The molecule has 0 unspecified atom stereocenters. The van der Waals surface area contributed by atoms with Crippen molar-refractivity contribution < 1.29 is 9.32 Å². The smallest absolute Gasteiger partial charge is 0.227 e. The van der Waals surface area contributed by atoms with Crippen LogP contribution >= 0.6 is 11.6 Å². The van der Waals surface area contributed by atoms with Crippen molar-refractivity contribution in [2.24, 2.45) is 5.41 Å². The Kier molecular flexibility index (Phi) is 5.93. The minimum absolute atomic E-state index is 0.0593. The van der Waals surface area contributed by atoms with Crippen molar-refractivity contribution in [2.75, 3.05) is 36.2 Å². The van der Waals surface area contributed by atoms with E-state index in [-0.39, 0.29) is 12.1 Å². The fourth-order valence-corrected chi connectivity index (χ4v) is 6.21. The van der Waals surface area contributed by atoms with Gasteiger partial charge in [0.15, 0.2) is 0 Å². The van der Waals surface area contributed by atoms with E-state index in [1.54, 1.807) is 12.5 Å². The first-order valence-electron chi connectivity index (χ1n) is 11.5. The number of nitrogens with zero attached hydrogens (tertiary/aromatic N) is 3. The Labute approximate surface area is 197 Å². The SMILES string of the molecule is C[S@@](=O)c1cnc(N2CC3(CCC(c4ccc(Cl)cc4)CC3)C2)nc1NC1(CO)CCC1. The third-order valence-corrected chi connectivity index (χ3v) is 8.94. The highest BCUT2D eigenvalue weighted by molar-refractivity contribution is 7.84. The second-order valence-electron chi connectivity index (χ2n) is 9.94. The van der Waals surface area contributed by atoms with Crippen molar-refractivity contribution in [3.63, 3.8) is 0 Å². The molecule has 6 nitrogen and oxygen atoms in total. The molecule has 1 spiro atoms. The predicted octanol–water partition coefficient (Wildman–Crippen LogP) is 4.36. The summed E-state index contributed by atoms with van der Waals surface area (Å²) in [7, 11) is -1.19. The van der Waals surface area contributed by atoms with E-state index in [0.29, 0.717) is 28.0 Å². The highest BCUT2D eigenvalue weighted by atomic mass is 35.5. The highest BCUT2D eigenvalue weighted by Crippen LogP contribution is 2.49. The number of aromatic nitrogens is 2. The second-order valence-corrected chi connectivity index (χ2v) is 11.7. The fraction of sp³-hybridized carbons (Fsp3) is 0.583. The van der Waals surface area contributed by atoms with Crippen LogP contribution in [-0.4, -0.2) is 50.8 Å². The minimum Gasteiger partial charge on any atom is -0.394 e. The van der Waals surface area contributed by atoms with Crippen molar-refractivity contribution in [1.29, 1.82) is 0 Å². The van der Waals surface area contributed by atoms with Gasteiger partial charge < -0.3 is 15.3 Å². The van der Waals surface area contributed by atoms with Crippen molar-refractivity contribution in [3.8, 4) is 0 Å². The van der Waals surface area contributed by atoms with Gasteiger partial charge in [0.25, 0.3) is 0 Å². The third kappa shape index (κ3) is 4.15. The molecule has 1 aliphatic heterocycles. The minimum atomic E-state index is -1.19. The Morgan fingerprint density at radius 1 is 1.19 bits per heavy atom. The highest BCUT2D eigenvalue weighted by Gasteiger charge is 2.46. The Bertz CT molecular complexity index is 990. The number of anilines is 2. The third-order valence-electron chi connectivity index (χ3n) is 7.77. The first-order valence-corrected chi connectivity index (χ1v) is 13.4. The molecule has 1 aromatic carbocycles. The zero-order valence-electron chi connectivity index (χ0n) is 18.5. The lowest BCUT2D eigenvalue weighted by molar-refractivity contribution is 0.126. The summed E-state index contributed by atoms with van der Waals surface area (Å²) < 4.78 is 12.2. The van der Waals surface area contributed by atoms with Crippen LogP contribution in [0.15, 0.2) is 35.4 Å². The van der Waals surface area contributed by atoms with Gasteiger partial charge in [-0.1, -0.05) is 23.7 Å². The van der Waals surface area contributed by atoms with Crippen LogP contribution in [-0.2, 0) is 10.8 Å². The van der Waals surface area contributed by atoms with Crippen molar-refractivity contribution in [3.05, 3.63) is 41.0 Å². The van der Waals surface area contributed by atoms with Gasteiger partial charge >= 0.3 is 0 Å². The average Bonchev–Trinajstić information content (AvgIpc) is 2.75. The Hall–Kier alpha value is -1.70. The lowest BCUT2D eigenvalue weighted by Gasteiger charge is -2.53. The maximum absolute atomic E-state index is 12.2. The summed E-state index contributed by atoms with van der Waals surface area (Å²) in [5.41, 5.74) is 1.42. The molecule has 32 heavy (non-hydrogen) atoms. The summed E-state index contributed by atoms with van der Waals surface area (Å²) in [6.45, 7) is 2.00. The molecule has 2 saturated carbocycles. The van der Waals surface area contributed by atoms with Gasteiger partial charge in [0.05, 0.1) is 34.0 Å². The van der Waals surface area contributed by atoms with Crippen LogP contribution < -0.4 is 10.2 Å². The molecule has 5 rings (SSSR count). The van der Waals surface area contributed by atoms with Crippen LogP contribution in [0.1, 0.15) is 56.4 Å². The standard InChI is InChI=1S/C24H31ClN4O2S/c1-32(31)20-13-26-22(27-21(20)28-24(16-30)9-2-10-24)29-14-23(15-29)11-7-18(8-12-23)17-3-5-19(25)6-4-17/h3-6,13,18,30H,2,7-12,14-16H2,1H3,(H,26,27,28)/t32-/m1/s1. The van der Waals surface area contributed by atoms with E-state index in [1.807, 2.05) is 12.1 Å². The van der Waals surface area contributed by atoms with Crippen LogP contribution in [0.2, 0.25) is 5.02 Å². The zero-order chi connectivity index (χ0) is 22.3. The van der Waals surface area contributed by atoms with Crippen molar-refractivity contribution in [2.45, 2.75) is 61.3 Å². The topological polar surface area (TPSA) is 78.4 Å². The predicted molar refractivity (Wildman–Crippen MR) is 129 cm³/mol. The van der Waals surface area contributed by atoms with Crippen LogP contribution in [0.3, 0.4) is 0 Å². The van der Waals surface area contributed by atoms with E-state index < -0.39 is 10.8 Å². The molecule has 3 fully saturated rings. The molecule has 2 aromatic rings. The Morgan fingerprint density at radius 3 is 2.44 bits per heavy atom. The van der Waals surface area contributed by atoms with E-state index in [4.69, 9.17) is 16.6 Å². The summed E-state index contributed by atoms with van der Waals surface area (Å²) in [5, 5.41) is 14.0. The fourth-order valence-electron chi connectivity index (χ4n) is 5.51. The van der Waals surface area contributed by atoms with Gasteiger partial charge in [-0.2, -0.15) is 4.98 Å². The van der Waals surface area contributed by atoms with Gasteiger partial charge in [-0.15, -0.1) is 0 Å². The second kappa shape index (κ2) is 8.58. The molecule has 1 aromatic heterocycles. The summed E-state index contributed by atoms with van der Waals surface area (Å²) in [6.07, 6.45) is 11.1. The number of aliphatic hydroxyl groups is 1. The van der Waals surface area contributed by atoms with Gasteiger partial charge in [0.2, 0.25) is 5.95 Å². The first kappa shape index (κ1) is 22.1. The molecule has 0 bridgehead atoms. The van der Waals surface area contributed by atoms with E-state index in [2.05, 4.69) is 27.3 Å². The lowest BCUT2D eigenvalue weighted by atomic mass is 9.65. The molecule has 8 heteroatoms. The number of hydrogen-bond donors (Lipinski definition) is 2. The molecular formula is C24H31ClN4O2S. The van der Waals surface area contributed by atoms with Gasteiger partial charge in [-0.3, -0.25) is 4.21 Å². The number of benzene rings is 1. The van der Waals surface area contributed by atoms with Gasteiger partial charge in [-0.25, -0.2) is 4.98 Å². The van der Waals surface area contributed by atoms with E-state index in [1.165, 1.54) is 31.2 Å². The Morgan fingerprint density at radius 2 is 1.88 bits per heavy atom. The zero-order valence-corrected chi connectivity index (χ0v) is 20.1. The number of aliphatic hydroxyl groups excluding tert-OH is 1. The summed E-state index contributed by atoms with van der Waals surface area (Å²) in [4.78, 5) is 12.1. The molecule has 2 N–H and O–H groups in total. The van der Waals surface area contributed by atoms with Crippen LogP contribution in [0.5, 0.6) is 0 Å². The molecule has 172 valence electrons. The summed E-state index contributed by atoms with van der Waals surface area (Å²) in [6, 6.07) is 8.32. The van der Waals surface area contributed by atoms with Crippen LogP contribution in [0.4, 0.5) is 11.8 Å². The molecule has 2 aliphatic carbocycles. The Balaban J connectivity index is 1.25. The molecule has 1 atom stereocenters. The molecule has 1 saturated heterocycles. The van der Waals surface area contributed by atoms with Gasteiger partial charge in [0, 0.05) is 29.8 Å². The van der Waals surface area contributed by atoms with Gasteiger partial charge in [-0.05, 0) is 68.6 Å². The number of halogens is 1. The van der Waals surface area contributed by atoms with Crippen molar-refractivity contribution in [1.82, 2.24) is 9.97 Å². The summed E-state index contributed by atoms with van der Waals surface area (Å²) >= 11 is 6.04. The van der Waals surface area contributed by atoms with E-state index >= 15 is 0 Å². The number of rotatable bonds is 6. The van der Waals surface area contributed by atoms with Crippen molar-refractivity contribution >= 4 is 34.2 Å². The van der Waals surface area contributed by atoms with E-state index in [0.717, 1.165) is 37.4 Å². The monoisotopic (exact) mass is 474 g/mol. The molecule has 0 radical (unpaired) electrons. The van der Waals surface area contributed by atoms with Crippen LogP contribution in [0, 0.1) is 5.41 Å². The lowest BCUT2D eigenvalue weighted by Crippen LogP contribution is -2.58. The normalized spacial score (nSPS) is 22.8. The number of hydrogen-bond acceptors (Lipinski definition) is 6.